The number of nitrogens with one attached hydrogen (secondary N) is 1. The van der Waals surface area contributed by atoms with Crippen LogP contribution in [0.5, 0.6) is 11.5 Å². The number of benzene rings is 1. The zero-order valence-corrected chi connectivity index (χ0v) is 15.4. The highest BCUT2D eigenvalue weighted by atomic mass is 16.5. The largest absolute Gasteiger partial charge is 0.493 e. The minimum atomic E-state index is -0.423. The third-order valence-electron chi connectivity index (χ3n) is 4.44. The summed E-state index contributed by atoms with van der Waals surface area (Å²) < 4.78 is 16.3. The zero-order chi connectivity index (χ0) is 18.4. The SMILES string of the molecule is CCOc1cc([C@@H](N)c2n[nH]c(CCN3CCOCC3)n2)ccc1OC. The first kappa shape index (κ1) is 18.6. The summed E-state index contributed by atoms with van der Waals surface area (Å²) in [5.74, 6) is 2.78. The van der Waals surface area contributed by atoms with Crippen LogP contribution in [0.1, 0.15) is 30.2 Å². The molecule has 0 amide bonds. The van der Waals surface area contributed by atoms with E-state index in [0.717, 1.165) is 50.7 Å². The summed E-state index contributed by atoms with van der Waals surface area (Å²) >= 11 is 0. The monoisotopic (exact) mass is 361 g/mol. The molecule has 1 saturated heterocycles. The van der Waals surface area contributed by atoms with E-state index in [9.17, 15) is 0 Å². The molecule has 3 rings (SSSR count). The molecule has 0 spiro atoms. The summed E-state index contributed by atoms with van der Waals surface area (Å²) in [7, 11) is 1.62. The lowest BCUT2D eigenvalue weighted by Gasteiger charge is -2.25. The number of methoxy groups -OCH3 is 1. The molecular weight excluding hydrogens is 334 g/mol. The summed E-state index contributed by atoms with van der Waals surface area (Å²) in [6, 6.07) is 5.23. The van der Waals surface area contributed by atoms with Gasteiger partial charge in [-0.05, 0) is 24.6 Å². The fourth-order valence-electron chi connectivity index (χ4n) is 2.95. The van der Waals surface area contributed by atoms with E-state index in [1.54, 1.807) is 7.11 Å². The Morgan fingerprint density at radius 2 is 2.12 bits per heavy atom. The van der Waals surface area contributed by atoms with E-state index in [2.05, 4.69) is 20.1 Å². The van der Waals surface area contributed by atoms with Gasteiger partial charge in [0.1, 0.15) is 5.82 Å². The Balaban J connectivity index is 1.65. The summed E-state index contributed by atoms with van der Waals surface area (Å²) in [5, 5.41) is 7.30. The lowest BCUT2D eigenvalue weighted by atomic mass is 10.1. The van der Waals surface area contributed by atoms with Gasteiger partial charge in [-0.1, -0.05) is 6.07 Å². The number of hydrogen-bond acceptors (Lipinski definition) is 7. The van der Waals surface area contributed by atoms with Gasteiger partial charge in [0, 0.05) is 26.1 Å². The molecule has 0 aliphatic carbocycles. The van der Waals surface area contributed by atoms with E-state index in [1.807, 2.05) is 25.1 Å². The van der Waals surface area contributed by atoms with Gasteiger partial charge in [-0.3, -0.25) is 10.00 Å². The van der Waals surface area contributed by atoms with Gasteiger partial charge in [0.2, 0.25) is 0 Å². The van der Waals surface area contributed by atoms with Crippen LogP contribution >= 0.6 is 0 Å². The number of ether oxygens (including phenoxy) is 3. The van der Waals surface area contributed by atoms with Gasteiger partial charge >= 0.3 is 0 Å². The Morgan fingerprint density at radius 1 is 1.31 bits per heavy atom. The Labute approximate surface area is 153 Å². The molecule has 1 aliphatic heterocycles. The van der Waals surface area contributed by atoms with E-state index < -0.39 is 6.04 Å². The minimum Gasteiger partial charge on any atom is -0.493 e. The molecule has 0 bridgehead atoms. The molecule has 2 heterocycles. The molecule has 1 aromatic carbocycles. The van der Waals surface area contributed by atoms with Crippen LogP contribution < -0.4 is 15.2 Å². The molecule has 8 heteroatoms. The van der Waals surface area contributed by atoms with Gasteiger partial charge < -0.3 is 19.9 Å². The summed E-state index contributed by atoms with van der Waals surface area (Å²) in [5.41, 5.74) is 7.24. The van der Waals surface area contributed by atoms with Crippen molar-refractivity contribution < 1.29 is 14.2 Å². The first-order valence-corrected chi connectivity index (χ1v) is 8.99. The maximum absolute atomic E-state index is 6.36. The number of aromatic nitrogens is 3. The van der Waals surface area contributed by atoms with Crippen LogP contribution in [0.4, 0.5) is 0 Å². The van der Waals surface area contributed by atoms with Crippen molar-refractivity contribution in [1.82, 2.24) is 20.1 Å². The van der Waals surface area contributed by atoms with E-state index in [1.165, 1.54) is 0 Å². The Bertz CT molecular complexity index is 700. The third-order valence-corrected chi connectivity index (χ3v) is 4.44. The number of nitrogens with two attached hydrogens (primary N) is 1. The van der Waals surface area contributed by atoms with Crippen LogP contribution in [0.2, 0.25) is 0 Å². The smallest absolute Gasteiger partial charge is 0.171 e. The number of H-pyrrole nitrogens is 1. The highest BCUT2D eigenvalue weighted by Crippen LogP contribution is 2.31. The molecule has 1 aliphatic rings. The Morgan fingerprint density at radius 3 is 2.85 bits per heavy atom. The second-order valence-corrected chi connectivity index (χ2v) is 6.17. The van der Waals surface area contributed by atoms with Crippen molar-refractivity contribution in [1.29, 1.82) is 0 Å². The quantitative estimate of drug-likeness (QED) is 0.727. The molecule has 0 radical (unpaired) electrons. The van der Waals surface area contributed by atoms with Crippen molar-refractivity contribution in [3.63, 3.8) is 0 Å². The zero-order valence-electron chi connectivity index (χ0n) is 15.4. The van der Waals surface area contributed by atoms with Crippen molar-refractivity contribution in [2.45, 2.75) is 19.4 Å². The summed E-state index contributed by atoms with van der Waals surface area (Å²) in [4.78, 5) is 6.93. The number of nitrogens with zero attached hydrogens (tertiary/aromatic N) is 3. The second-order valence-electron chi connectivity index (χ2n) is 6.17. The van der Waals surface area contributed by atoms with Crippen molar-refractivity contribution in [2.24, 2.45) is 5.73 Å². The molecule has 8 nitrogen and oxygen atoms in total. The molecule has 26 heavy (non-hydrogen) atoms. The third kappa shape index (κ3) is 4.51. The van der Waals surface area contributed by atoms with E-state index in [-0.39, 0.29) is 0 Å². The van der Waals surface area contributed by atoms with Crippen LogP contribution in [-0.4, -0.2) is 66.6 Å². The fourth-order valence-corrected chi connectivity index (χ4v) is 2.95. The maximum Gasteiger partial charge on any atom is 0.171 e. The molecule has 1 fully saturated rings. The second kappa shape index (κ2) is 8.98. The van der Waals surface area contributed by atoms with Gasteiger partial charge in [0.25, 0.3) is 0 Å². The van der Waals surface area contributed by atoms with Crippen molar-refractivity contribution in [3.05, 3.63) is 35.4 Å². The average Bonchev–Trinajstić information content (AvgIpc) is 3.16. The minimum absolute atomic E-state index is 0.423. The van der Waals surface area contributed by atoms with Gasteiger partial charge in [-0.15, -0.1) is 0 Å². The maximum atomic E-state index is 6.36. The highest BCUT2D eigenvalue weighted by molar-refractivity contribution is 5.44. The molecule has 142 valence electrons. The first-order chi connectivity index (χ1) is 12.7. The molecule has 3 N–H and O–H groups in total. The molecule has 0 unspecified atom stereocenters. The van der Waals surface area contributed by atoms with Crippen LogP contribution in [0.15, 0.2) is 18.2 Å². The standard InChI is InChI=1S/C18H27N5O3/c1-3-26-15-12-13(4-5-14(15)24-2)17(19)18-20-16(21-22-18)6-7-23-8-10-25-11-9-23/h4-5,12,17H,3,6-11,19H2,1-2H3,(H,20,21,22)/t17-/m1/s1. The average molecular weight is 361 g/mol. The van der Waals surface area contributed by atoms with Crippen molar-refractivity contribution in [2.75, 3.05) is 46.6 Å². The lowest BCUT2D eigenvalue weighted by molar-refractivity contribution is 0.0382. The predicted molar refractivity (Wildman–Crippen MR) is 97.5 cm³/mol. The summed E-state index contributed by atoms with van der Waals surface area (Å²) in [6.45, 7) is 6.95. The van der Waals surface area contributed by atoms with E-state index in [0.29, 0.717) is 23.9 Å². The molecule has 1 aromatic heterocycles. The Kier molecular flexibility index (Phi) is 6.43. The van der Waals surface area contributed by atoms with E-state index >= 15 is 0 Å². The lowest BCUT2D eigenvalue weighted by Crippen LogP contribution is -2.37. The molecular formula is C18H27N5O3. The number of morpholine rings is 1. The van der Waals surface area contributed by atoms with Crippen LogP contribution in [0.3, 0.4) is 0 Å². The topological polar surface area (TPSA) is 98.5 Å². The van der Waals surface area contributed by atoms with Gasteiger partial charge in [0.15, 0.2) is 17.3 Å². The van der Waals surface area contributed by atoms with Crippen LogP contribution in [0.25, 0.3) is 0 Å². The first-order valence-electron chi connectivity index (χ1n) is 8.99. The number of aromatic amines is 1. The number of rotatable bonds is 8. The predicted octanol–water partition coefficient (Wildman–Crippen LogP) is 1.13. The van der Waals surface area contributed by atoms with Crippen molar-refractivity contribution in [3.8, 4) is 11.5 Å². The molecule has 2 aromatic rings. The fraction of sp³-hybridized carbons (Fsp3) is 0.556. The van der Waals surface area contributed by atoms with E-state index in [4.69, 9.17) is 19.9 Å². The van der Waals surface area contributed by atoms with Crippen LogP contribution in [-0.2, 0) is 11.2 Å². The highest BCUT2D eigenvalue weighted by Gasteiger charge is 2.18. The number of hydrogen-bond donors (Lipinski definition) is 2. The van der Waals surface area contributed by atoms with Crippen molar-refractivity contribution >= 4 is 0 Å². The van der Waals surface area contributed by atoms with Gasteiger partial charge in [0.05, 0.1) is 33.0 Å². The normalized spacial score (nSPS) is 16.4. The summed E-state index contributed by atoms with van der Waals surface area (Å²) in [6.07, 6.45) is 0.812. The van der Waals surface area contributed by atoms with Crippen LogP contribution in [0, 0.1) is 0 Å². The molecule has 1 atom stereocenters. The van der Waals surface area contributed by atoms with Gasteiger partial charge in [-0.25, -0.2) is 4.98 Å². The Hall–Kier alpha value is -2.16. The molecule has 0 saturated carbocycles. The van der Waals surface area contributed by atoms with Gasteiger partial charge in [-0.2, -0.15) is 5.10 Å².